The van der Waals surface area contributed by atoms with Gasteiger partial charge in [0.05, 0.1) is 54.1 Å². The van der Waals surface area contributed by atoms with Gasteiger partial charge in [-0.2, -0.15) is 5.10 Å². The molecule has 1 aliphatic heterocycles. The van der Waals surface area contributed by atoms with Gasteiger partial charge < -0.3 is 14.4 Å². The van der Waals surface area contributed by atoms with Crippen molar-refractivity contribution in [1.82, 2.24) is 19.7 Å². The first kappa shape index (κ1) is 29.4. The summed E-state index contributed by atoms with van der Waals surface area (Å²) < 4.78 is 37.6. The fraction of sp³-hybridized carbons (Fsp3) is 0.265. The number of methoxy groups -OCH3 is 2. The number of nitrogens with zero attached hydrogens (tertiary/aromatic N) is 4. The van der Waals surface area contributed by atoms with Crippen LogP contribution in [0.5, 0.6) is 11.5 Å². The van der Waals surface area contributed by atoms with E-state index in [0.717, 1.165) is 16.7 Å². The first-order valence-corrected chi connectivity index (χ1v) is 16.3. The maximum absolute atomic E-state index is 14.7. The van der Waals surface area contributed by atoms with Crippen molar-refractivity contribution in [3.05, 3.63) is 107 Å². The molecule has 3 heterocycles. The van der Waals surface area contributed by atoms with E-state index in [0.29, 0.717) is 59.0 Å². The van der Waals surface area contributed by atoms with Crippen LogP contribution in [0.2, 0.25) is 0 Å². The quantitative estimate of drug-likeness (QED) is 0.213. The van der Waals surface area contributed by atoms with Gasteiger partial charge in [-0.3, -0.25) is 4.79 Å². The highest BCUT2D eigenvalue weighted by Gasteiger charge is 2.33. The standard InChI is InChI=1S/C34H34N4O5S/c1-23-32-28(34(39)37(20-24-10-6-4-7-11-24)21-25-12-8-5-9-13-25)19-29(26-14-15-30(42-2)31(18-26)43-3)35-33(32)38(36-23)27-16-17-44(40,41)22-27/h4-15,18-19,27H,16-17,20-22H2,1-3H3. The molecule has 10 heteroatoms. The molecule has 3 aromatic carbocycles. The van der Waals surface area contributed by atoms with Crippen LogP contribution in [0, 0.1) is 6.92 Å². The zero-order chi connectivity index (χ0) is 30.8. The molecule has 1 unspecified atom stereocenters. The summed E-state index contributed by atoms with van der Waals surface area (Å²) in [6.07, 6.45) is 0.443. The zero-order valence-corrected chi connectivity index (χ0v) is 25.8. The highest BCUT2D eigenvalue weighted by Crippen LogP contribution is 2.36. The predicted molar refractivity (Wildman–Crippen MR) is 170 cm³/mol. The topological polar surface area (TPSA) is 104 Å². The third-order valence-electron chi connectivity index (χ3n) is 8.02. The summed E-state index contributed by atoms with van der Waals surface area (Å²) in [5, 5.41) is 5.40. The molecular weight excluding hydrogens is 576 g/mol. The minimum atomic E-state index is -3.19. The monoisotopic (exact) mass is 610 g/mol. The predicted octanol–water partition coefficient (Wildman–Crippen LogP) is 5.63. The van der Waals surface area contributed by atoms with Gasteiger partial charge in [0, 0.05) is 18.7 Å². The molecule has 1 saturated heterocycles. The van der Waals surface area contributed by atoms with Gasteiger partial charge in [0.2, 0.25) is 0 Å². The van der Waals surface area contributed by atoms with Crippen LogP contribution >= 0.6 is 0 Å². The number of aryl methyl sites for hydroxylation is 1. The summed E-state index contributed by atoms with van der Waals surface area (Å²) in [5.74, 6) is 1.02. The van der Waals surface area contributed by atoms with E-state index in [1.54, 1.807) is 31.0 Å². The fourth-order valence-electron chi connectivity index (χ4n) is 5.83. The average Bonchev–Trinajstić information content (AvgIpc) is 3.58. The summed E-state index contributed by atoms with van der Waals surface area (Å²) in [7, 11) is -0.0455. The van der Waals surface area contributed by atoms with E-state index in [1.165, 1.54) is 0 Å². The molecule has 9 nitrogen and oxygen atoms in total. The lowest BCUT2D eigenvalue weighted by atomic mass is 10.0. The fourth-order valence-corrected chi connectivity index (χ4v) is 7.52. The SMILES string of the molecule is COc1ccc(-c2cc(C(=O)N(Cc3ccccc3)Cc3ccccc3)c3c(C)nn(C4CCS(=O)(=O)C4)c3n2)cc1OC. The zero-order valence-electron chi connectivity index (χ0n) is 24.9. The molecule has 0 bridgehead atoms. The molecule has 226 valence electrons. The van der Waals surface area contributed by atoms with Crippen molar-refractivity contribution in [1.29, 1.82) is 0 Å². The second-order valence-electron chi connectivity index (χ2n) is 11.0. The number of sulfone groups is 1. The largest absolute Gasteiger partial charge is 0.493 e. The average molecular weight is 611 g/mol. The number of hydrogen-bond donors (Lipinski definition) is 0. The number of carbonyl (C=O) groups excluding carboxylic acids is 1. The number of benzene rings is 3. The Morgan fingerprint density at radius 3 is 2.11 bits per heavy atom. The van der Waals surface area contributed by atoms with Gasteiger partial charge in [-0.1, -0.05) is 60.7 Å². The van der Waals surface area contributed by atoms with Gasteiger partial charge in [-0.25, -0.2) is 18.1 Å². The molecule has 0 aliphatic carbocycles. The van der Waals surface area contributed by atoms with Crippen molar-refractivity contribution >= 4 is 26.8 Å². The summed E-state index contributed by atoms with van der Waals surface area (Å²) in [6, 6.07) is 26.7. The molecule has 0 radical (unpaired) electrons. The summed E-state index contributed by atoms with van der Waals surface area (Å²) in [6.45, 7) is 2.64. The van der Waals surface area contributed by atoms with Gasteiger partial charge in [0.15, 0.2) is 27.0 Å². The van der Waals surface area contributed by atoms with Gasteiger partial charge in [0.1, 0.15) is 0 Å². The lowest BCUT2D eigenvalue weighted by molar-refractivity contribution is 0.0732. The van der Waals surface area contributed by atoms with E-state index in [4.69, 9.17) is 19.6 Å². The van der Waals surface area contributed by atoms with E-state index in [9.17, 15) is 13.2 Å². The van der Waals surface area contributed by atoms with Crippen LogP contribution in [0.4, 0.5) is 0 Å². The van der Waals surface area contributed by atoms with Crippen molar-refractivity contribution in [3.63, 3.8) is 0 Å². The molecule has 0 saturated carbocycles. The van der Waals surface area contributed by atoms with Crippen molar-refractivity contribution in [2.24, 2.45) is 0 Å². The van der Waals surface area contributed by atoms with E-state index in [-0.39, 0.29) is 23.5 Å². The highest BCUT2D eigenvalue weighted by molar-refractivity contribution is 7.91. The molecule has 2 aromatic heterocycles. The number of fused-ring (bicyclic) bond motifs is 1. The normalized spacial score (nSPS) is 15.8. The van der Waals surface area contributed by atoms with Crippen molar-refractivity contribution < 1.29 is 22.7 Å². The number of carbonyl (C=O) groups is 1. The van der Waals surface area contributed by atoms with E-state index < -0.39 is 9.84 Å². The second-order valence-corrected chi connectivity index (χ2v) is 13.3. The van der Waals surface area contributed by atoms with Crippen molar-refractivity contribution in [3.8, 4) is 22.8 Å². The Labute approximate surface area is 257 Å². The number of pyridine rings is 1. The van der Waals surface area contributed by atoms with Gasteiger partial charge in [0.25, 0.3) is 5.91 Å². The molecule has 1 aliphatic rings. The van der Waals surface area contributed by atoms with Crippen LogP contribution in [0.25, 0.3) is 22.3 Å². The summed E-state index contributed by atoms with van der Waals surface area (Å²) in [5.41, 5.74) is 4.84. The Hall–Kier alpha value is -4.70. The number of hydrogen-bond acceptors (Lipinski definition) is 7. The second kappa shape index (κ2) is 12.1. The van der Waals surface area contributed by atoms with Crippen molar-refractivity contribution in [2.45, 2.75) is 32.5 Å². The summed E-state index contributed by atoms with van der Waals surface area (Å²) >= 11 is 0. The minimum Gasteiger partial charge on any atom is -0.493 e. The minimum absolute atomic E-state index is 0.0110. The third kappa shape index (κ3) is 5.90. The van der Waals surface area contributed by atoms with E-state index >= 15 is 0 Å². The molecule has 1 amide bonds. The highest BCUT2D eigenvalue weighted by atomic mass is 32.2. The van der Waals surface area contributed by atoms with Crippen LogP contribution in [0.1, 0.15) is 39.6 Å². The number of amides is 1. The molecule has 1 fully saturated rings. The molecule has 0 spiro atoms. The van der Waals surface area contributed by atoms with Crippen LogP contribution in [0.15, 0.2) is 84.9 Å². The van der Waals surface area contributed by atoms with Crippen LogP contribution in [-0.4, -0.2) is 59.7 Å². The van der Waals surface area contributed by atoms with Crippen LogP contribution in [0.3, 0.4) is 0 Å². The first-order valence-electron chi connectivity index (χ1n) is 14.5. The smallest absolute Gasteiger partial charge is 0.255 e. The Morgan fingerprint density at radius 2 is 1.55 bits per heavy atom. The lowest BCUT2D eigenvalue weighted by Gasteiger charge is -2.24. The van der Waals surface area contributed by atoms with Crippen LogP contribution in [-0.2, 0) is 22.9 Å². The van der Waals surface area contributed by atoms with E-state index in [1.807, 2.05) is 84.6 Å². The molecular formula is C34H34N4O5S. The van der Waals surface area contributed by atoms with E-state index in [2.05, 4.69) is 0 Å². The molecule has 0 N–H and O–H groups in total. The van der Waals surface area contributed by atoms with Crippen molar-refractivity contribution in [2.75, 3.05) is 25.7 Å². The molecule has 5 aromatic rings. The Kier molecular flexibility index (Phi) is 8.09. The maximum Gasteiger partial charge on any atom is 0.255 e. The molecule has 1 atom stereocenters. The number of ether oxygens (including phenoxy) is 2. The Bertz CT molecular complexity index is 1880. The van der Waals surface area contributed by atoms with Gasteiger partial charge in [-0.15, -0.1) is 0 Å². The maximum atomic E-state index is 14.7. The lowest BCUT2D eigenvalue weighted by Crippen LogP contribution is -2.30. The number of rotatable bonds is 9. The van der Waals surface area contributed by atoms with Crippen LogP contribution < -0.4 is 9.47 Å². The molecule has 6 rings (SSSR count). The third-order valence-corrected chi connectivity index (χ3v) is 9.77. The Morgan fingerprint density at radius 1 is 0.909 bits per heavy atom. The Balaban J connectivity index is 1.53. The van der Waals surface area contributed by atoms with Gasteiger partial charge in [-0.05, 0) is 48.7 Å². The number of aromatic nitrogens is 3. The summed E-state index contributed by atoms with van der Waals surface area (Å²) in [4.78, 5) is 21.5. The molecule has 44 heavy (non-hydrogen) atoms. The van der Waals surface area contributed by atoms with Gasteiger partial charge >= 0.3 is 0 Å². The first-order chi connectivity index (χ1) is 21.3.